The van der Waals surface area contributed by atoms with E-state index in [9.17, 15) is 22.8 Å². The lowest BCUT2D eigenvalue weighted by atomic mass is 9.95. The first kappa shape index (κ1) is 23.0. The summed E-state index contributed by atoms with van der Waals surface area (Å²) < 4.78 is 33.6. The molecule has 2 amide bonds. The minimum absolute atomic E-state index is 0.0673. The van der Waals surface area contributed by atoms with Crippen molar-refractivity contribution >= 4 is 27.8 Å². The van der Waals surface area contributed by atoms with Gasteiger partial charge in [-0.25, -0.2) is 22.8 Å². The second-order valence-electron chi connectivity index (χ2n) is 6.93. The van der Waals surface area contributed by atoms with Crippen molar-refractivity contribution in [2.24, 2.45) is 0 Å². The molecule has 0 bridgehead atoms. The Morgan fingerprint density at radius 2 is 1.62 bits per heavy atom. The van der Waals surface area contributed by atoms with E-state index in [1.807, 2.05) is 0 Å². The molecule has 0 saturated carbocycles. The highest BCUT2D eigenvalue weighted by Crippen LogP contribution is 2.28. The number of benzene rings is 2. The van der Waals surface area contributed by atoms with Crippen LogP contribution in [-0.4, -0.2) is 45.9 Å². The fourth-order valence-electron chi connectivity index (χ4n) is 3.14. The average Bonchev–Trinajstić information content (AvgIpc) is 2.77. The summed E-state index contributed by atoms with van der Waals surface area (Å²) in [7, 11) is -3.40. The molecular formula is C22H22N2O7S. The van der Waals surface area contributed by atoms with E-state index in [0.717, 1.165) is 6.26 Å². The third-order valence-electron chi connectivity index (χ3n) is 4.65. The first-order valence-electron chi connectivity index (χ1n) is 9.70. The van der Waals surface area contributed by atoms with Crippen molar-refractivity contribution in [3.05, 3.63) is 77.0 Å². The zero-order valence-corrected chi connectivity index (χ0v) is 18.3. The maximum atomic E-state index is 12.7. The summed E-state index contributed by atoms with van der Waals surface area (Å²) in [6.07, 6.45) is 1.06. The minimum Gasteiger partial charge on any atom is -0.463 e. The number of nitrogens with one attached hydrogen (secondary N) is 2. The molecule has 0 spiro atoms. The summed E-state index contributed by atoms with van der Waals surface area (Å²) in [6, 6.07) is 12.8. The van der Waals surface area contributed by atoms with Crippen LogP contribution in [0, 0.1) is 0 Å². The predicted molar refractivity (Wildman–Crippen MR) is 114 cm³/mol. The molecule has 1 aliphatic heterocycles. The van der Waals surface area contributed by atoms with E-state index in [0.29, 0.717) is 5.56 Å². The Kier molecular flexibility index (Phi) is 6.94. The number of hydrogen-bond donors (Lipinski definition) is 2. The van der Waals surface area contributed by atoms with Gasteiger partial charge in [-0.15, -0.1) is 0 Å². The molecule has 0 fully saturated rings. The van der Waals surface area contributed by atoms with Crippen LogP contribution in [-0.2, 0) is 24.1 Å². The van der Waals surface area contributed by atoms with Gasteiger partial charge in [-0.3, -0.25) is 0 Å². The molecule has 0 aromatic heterocycles. The van der Waals surface area contributed by atoms with E-state index in [1.165, 1.54) is 24.3 Å². The quantitative estimate of drug-likeness (QED) is 0.608. The smallest absolute Gasteiger partial charge is 0.338 e. The minimum atomic E-state index is -3.40. The third-order valence-corrected chi connectivity index (χ3v) is 5.78. The lowest BCUT2D eigenvalue weighted by Gasteiger charge is -2.29. The van der Waals surface area contributed by atoms with Gasteiger partial charge >= 0.3 is 18.0 Å². The van der Waals surface area contributed by atoms with E-state index < -0.39 is 40.5 Å². The van der Waals surface area contributed by atoms with Crippen LogP contribution in [0.5, 0.6) is 0 Å². The Hall–Kier alpha value is -3.66. The average molecular weight is 458 g/mol. The lowest BCUT2D eigenvalue weighted by Crippen LogP contribution is -2.47. The zero-order valence-electron chi connectivity index (χ0n) is 17.5. The van der Waals surface area contributed by atoms with E-state index in [4.69, 9.17) is 9.47 Å². The Morgan fingerprint density at radius 3 is 2.22 bits per heavy atom. The van der Waals surface area contributed by atoms with Crippen LogP contribution < -0.4 is 10.6 Å². The summed E-state index contributed by atoms with van der Waals surface area (Å²) in [5, 5.41) is 5.20. The van der Waals surface area contributed by atoms with Crippen LogP contribution in [0.3, 0.4) is 0 Å². The molecule has 1 heterocycles. The van der Waals surface area contributed by atoms with Gasteiger partial charge < -0.3 is 20.1 Å². The molecule has 2 aromatic carbocycles. The number of esters is 2. The molecule has 1 unspecified atom stereocenters. The van der Waals surface area contributed by atoms with Crippen molar-refractivity contribution in [2.75, 3.05) is 19.5 Å². The fraction of sp³-hybridized carbons (Fsp3) is 0.227. The van der Waals surface area contributed by atoms with Gasteiger partial charge in [0.25, 0.3) is 0 Å². The number of amides is 2. The van der Waals surface area contributed by atoms with Crippen molar-refractivity contribution in [3.8, 4) is 0 Å². The Morgan fingerprint density at radius 1 is 0.969 bits per heavy atom. The summed E-state index contributed by atoms with van der Waals surface area (Å²) in [4.78, 5) is 37.4. The number of rotatable bonds is 7. The van der Waals surface area contributed by atoms with E-state index in [1.54, 1.807) is 37.3 Å². The monoisotopic (exact) mass is 458 g/mol. The van der Waals surface area contributed by atoms with Crippen molar-refractivity contribution in [1.29, 1.82) is 0 Å². The largest absolute Gasteiger partial charge is 0.463 e. The first-order valence-corrected chi connectivity index (χ1v) is 11.6. The molecule has 0 aliphatic carbocycles. The highest BCUT2D eigenvalue weighted by molar-refractivity contribution is 7.90. The molecule has 2 N–H and O–H groups in total. The maximum Gasteiger partial charge on any atom is 0.338 e. The molecule has 3 rings (SSSR count). The van der Waals surface area contributed by atoms with Gasteiger partial charge in [0.2, 0.25) is 0 Å². The van der Waals surface area contributed by atoms with Gasteiger partial charge in [-0.1, -0.05) is 30.3 Å². The highest BCUT2D eigenvalue weighted by Gasteiger charge is 2.34. The van der Waals surface area contributed by atoms with Crippen LogP contribution >= 0.6 is 0 Å². The van der Waals surface area contributed by atoms with Crippen LogP contribution in [0.2, 0.25) is 0 Å². The summed E-state index contributed by atoms with van der Waals surface area (Å²) in [5.74, 6) is -1.40. The van der Waals surface area contributed by atoms with Crippen molar-refractivity contribution in [2.45, 2.75) is 17.9 Å². The van der Waals surface area contributed by atoms with Crippen LogP contribution in [0.4, 0.5) is 4.79 Å². The second kappa shape index (κ2) is 9.65. The maximum absolute atomic E-state index is 12.7. The molecule has 10 heteroatoms. The van der Waals surface area contributed by atoms with Gasteiger partial charge in [0.05, 0.1) is 34.4 Å². The summed E-state index contributed by atoms with van der Waals surface area (Å²) in [6.45, 7) is 1.39. The molecule has 0 saturated heterocycles. The van der Waals surface area contributed by atoms with Crippen LogP contribution in [0.15, 0.2) is 70.8 Å². The Labute approximate surface area is 185 Å². The van der Waals surface area contributed by atoms with Crippen molar-refractivity contribution < 1.29 is 32.3 Å². The summed E-state index contributed by atoms with van der Waals surface area (Å²) >= 11 is 0. The Bertz CT molecular complexity index is 1160. The lowest BCUT2D eigenvalue weighted by molar-refractivity contribution is -0.139. The van der Waals surface area contributed by atoms with E-state index in [-0.39, 0.29) is 28.3 Å². The zero-order chi connectivity index (χ0) is 23.3. The molecular weight excluding hydrogens is 436 g/mol. The molecule has 168 valence electrons. The van der Waals surface area contributed by atoms with E-state index in [2.05, 4.69) is 10.6 Å². The molecule has 0 radical (unpaired) electrons. The number of hydrogen-bond acceptors (Lipinski definition) is 7. The van der Waals surface area contributed by atoms with Crippen molar-refractivity contribution in [3.63, 3.8) is 0 Å². The third kappa shape index (κ3) is 5.33. The second-order valence-corrected chi connectivity index (χ2v) is 8.94. The Balaban J connectivity index is 1.87. The van der Waals surface area contributed by atoms with Crippen LogP contribution in [0.25, 0.3) is 0 Å². The normalized spacial score (nSPS) is 16.1. The molecule has 9 nitrogen and oxygen atoms in total. The highest BCUT2D eigenvalue weighted by atomic mass is 32.2. The van der Waals surface area contributed by atoms with Gasteiger partial charge in [0.15, 0.2) is 9.84 Å². The molecule has 1 atom stereocenters. The van der Waals surface area contributed by atoms with Gasteiger partial charge in [0.1, 0.15) is 6.61 Å². The van der Waals surface area contributed by atoms with Gasteiger partial charge in [-0.05, 0) is 36.8 Å². The number of carbonyl (C=O) groups excluding carboxylic acids is 3. The number of ether oxygens (including phenoxy) is 2. The van der Waals surface area contributed by atoms with Gasteiger partial charge in [-0.2, -0.15) is 0 Å². The SMILES string of the molecule is CCOC(=O)C1=C(COC(=O)c2ccc(S(C)(=O)=O)cc2)NC(=O)NC1c1ccccc1. The van der Waals surface area contributed by atoms with Gasteiger partial charge in [0, 0.05) is 6.26 Å². The van der Waals surface area contributed by atoms with Crippen molar-refractivity contribution in [1.82, 2.24) is 10.6 Å². The molecule has 2 aromatic rings. The fourth-order valence-corrected chi connectivity index (χ4v) is 3.77. The number of urea groups is 1. The standard InChI is InChI=1S/C22H22N2O7S/c1-3-30-21(26)18-17(23-22(27)24-19(18)14-7-5-4-6-8-14)13-31-20(25)15-9-11-16(12-10-15)32(2,28)29/h4-12,19H,3,13H2,1-2H3,(H2,23,24,27). The number of carbonyl (C=O) groups is 3. The molecule has 32 heavy (non-hydrogen) atoms. The molecule has 1 aliphatic rings. The number of sulfone groups is 1. The predicted octanol–water partition coefficient (Wildman–Crippen LogP) is 2.12. The van der Waals surface area contributed by atoms with Crippen LogP contribution in [0.1, 0.15) is 28.9 Å². The first-order chi connectivity index (χ1) is 15.2. The van der Waals surface area contributed by atoms with E-state index >= 15 is 0 Å². The topological polar surface area (TPSA) is 128 Å². The summed E-state index contributed by atoms with van der Waals surface area (Å²) in [5.41, 5.74) is 1.00.